The van der Waals surface area contributed by atoms with E-state index in [0.29, 0.717) is 19.4 Å². The fourth-order valence-corrected chi connectivity index (χ4v) is 2.25. The number of nitrogens with two attached hydrogens (primary N) is 2. The number of rotatable bonds is 4. The van der Waals surface area contributed by atoms with Gasteiger partial charge in [-0.15, -0.1) is 0 Å². The maximum atomic E-state index is 12.0. The van der Waals surface area contributed by atoms with Crippen LogP contribution in [0, 0.1) is 0 Å². The Balaban J connectivity index is 2.70. The third kappa shape index (κ3) is 5.36. The lowest BCUT2D eigenvalue weighted by molar-refractivity contribution is -0.302. The number of ether oxygens (including phenoxy) is 3. The summed E-state index contributed by atoms with van der Waals surface area (Å²) in [5, 5.41) is 0. The van der Waals surface area contributed by atoms with Gasteiger partial charge in [-0.05, 0) is 47.6 Å². The van der Waals surface area contributed by atoms with Gasteiger partial charge in [-0.1, -0.05) is 0 Å². The van der Waals surface area contributed by atoms with E-state index in [1.54, 1.807) is 0 Å². The zero-order valence-corrected chi connectivity index (χ0v) is 13.1. The smallest absolute Gasteiger partial charge is 0.326 e. The number of carbonyl (C=O) groups excluding carboxylic acids is 1. The van der Waals surface area contributed by atoms with Gasteiger partial charge >= 0.3 is 5.97 Å². The van der Waals surface area contributed by atoms with Gasteiger partial charge in [-0.3, -0.25) is 4.79 Å². The molecule has 1 unspecified atom stereocenters. The maximum Gasteiger partial charge on any atom is 0.326 e. The van der Waals surface area contributed by atoms with Crippen molar-refractivity contribution >= 4 is 5.97 Å². The molecule has 3 atom stereocenters. The van der Waals surface area contributed by atoms with Crippen LogP contribution in [0.5, 0.6) is 0 Å². The molecule has 0 amide bonds. The van der Waals surface area contributed by atoms with Crippen LogP contribution in [0.4, 0.5) is 0 Å². The average molecular weight is 288 g/mol. The van der Waals surface area contributed by atoms with Crippen molar-refractivity contribution in [3.63, 3.8) is 0 Å². The first kappa shape index (κ1) is 17.4. The molecule has 4 N–H and O–H groups in total. The SMILES string of the molecule is CC(C)(C)OC(=O)C(N)[C@H]1C[C@@H](CCN)OC(C)(C)O1. The van der Waals surface area contributed by atoms with Gasteiger partial charge in [0.15, 0.2) is 5.79 Å². The minimum Gasteiger partial charge on any atom is -0.459 e. The van der Waals surface area contributed by atoms with E-state index >= 15 is 0 Å². The Bertz CT molecular complexity index is 339. The Morgan fingerprint density at radius 2 is 2.00 bits per heavy atom. The zero-order valence-electron chi connectivity index (χ0n) is 13.1. The van der Waals surface area contributed by atoms with E-state index in [0.717, 1.165) is 0 Å². The summed E-state index contributed by atoms with van der Waals surface area (Å²) in [6.07, 6.45) is 0.776. The molecule has 0 bridgehead atoms. The molecule has 1 aliphatic rings. The third-order valence-corrected chi connectivity index (χ3v) is 2.95. The number of hydrogen-bond donors (Lipinski definition) is 2. The van der Waals surface area contributed by atoms with Crippen LogP contribution in [-0.4, -0.2) is 42.2 Å². The monoisotopic (exact) mass is 288 g/mol. The second-order valence-electron chi connectivity index (χ2n) is 6.67. The minimum atomic E-state index is -0.822. The summed E-state index contributed by atoms with van der Waals surface area (Å²) in [6, 6.07) is -0.822. The third-order valence-electron chi connectivity index (χ3n) is 2.95. The second kappa shape index (κ2) is 6.39. The first-order valence-corrected chi connectivity index (χ1v) is 7.08. The standard InChI is InChI=1S/C14H28N2O4/c1-13(2,3)20-12(17)11(16)10-8-9(6-7-15)18-14(4,5)19-10/h9-11H,6-8,15-16H2,1-5H3/t9-,10-,11?/m1/s1. The fourth-order valence-electron chi connectivity index (χ4n) is 2.25. The van der Waals surface area contributed by atoms with E-state index < -0.39 is 29.5 Å². The van der Waals surface area contributed by atoms with Gasteiger partial charge in [-0.2, -0.15) is 0 Å². The molecule has 0 spiro atoms. The normalized spacial score (nSPS) is 27.9. The Morgan fingerprint density at radius 1 is 1.40 bits per heavy atom. The van der Waals surface area contributed by atoms with E-state index in [9.17, 15) is 4.79 Å². The van der Waals surface area contributed by atoms with E-state index in [1.807, 2.05) is 34.6 Å². The van der Waals surface area contributed by atoms with E-state index in [1.165, 1.54) is 0 Å². The van der Waals surface area contributed by atoms with Crippen LogP contribution in [0.25, 0.3) is 0 Å². The summed E-state index contributed by atoms with van der Waals surface area (Å²) in [7, 11) is 0. The van der Waals surface area contributed by atoms with Gasteiger partial charge in [0.1, 0.15) is 11.6 Å². The summed E-state index contributed by atoms with van der Waals surface area (Å²) in [5.74, 6) is -1.23. The number of carbonyl (C=O) groups is 1. The van der Waals surface area contributed by atoms with Gasteiger partial charge in [0.05, 0.1) is 12.2 Å². The highest BCUT2D eigenvalue weighted by Gasteiger charge is 2.41. The predicted octanol–water partition coefficient (Wildman–Crippen LogP) is 0.914. The molecule has 1 heterocycles. The van der Waals surface area contributed by atoms with E-state index in [4.69, 9.17) is 25.7 Å². The van der Waals surface area contributed by atoms with Crippen LogP contribution in [-0.2, 0) is 19.0 Å². The molecule has 6 nitrogen and oxygen atoms in total. The lowest BCUT2D eigenvalue weighted by Gasteiger charge is -2.42. The molecule has 118 valence electrons. The highest BCUT2D eigenvalue weighted by molar-refractivity contribution is 5.76. The molecule has 0 aromatic carbocycles. The van der Waals surface area contributed by atoms with Crippen LogP contribution in [0.1, 0.15) is 47.5 Å². The molecule has 0 aromatic rings. The Hall–Kier alpha value is -0.690. The summed E-state index contributed by atoms with van der Waals surface area (Å²) in [6.45, 7) is 9.57. The topological polar surface area (TPSA) is 96.8 Å². The molecular formula is C14H28N2O4. The lowest BCUT2D eigenvalue weighted by Crippen LogP contribution is -2.55. The van der Waals surface area contributed by atoms with E-state index in [2.05, 4.69) is 0 Å². The quantitative estimate of drug-likeness (QED) is 0.746. The maximum absolute atomic E-state index is 12.0. The Labute approximate surface area is 121 Å². The van der Waals surface area contributed by atoms with Crippen molar-refractivity contribution in [2.24, 2.45) is 11.5 Å². The van der Waals surface area contributed by atoms with Crippen molar-refractivity contribution < 1.29 is 19.0 Å². The van der Waals surface area contributed by atoms with Gasteiger partial charge in [0, 0.05) is 6.42 Å². The molecule has 0 saturated carbocycles. The highest BCUT2D eigenvalue weighted by atomic mass is 16.7. The summed E-state index contributed by atoms with van der Waals surface area (Å²) >= 11 is 0. The first-order chi connectivity index (χ1) is 9.04. The average Bonchev–Trinajstić information content (AvgIpc) is 2.23. The number of esters is 1. The van der Waals surface area contributed by atoms with Crippen LogP contribution in [0.2, 0.25) is 0 Å². The van der Waals surface area contributed by atoms with Crippen molar-refractivity contribution in [1.29, 1.82) is 0 Å². The molecule has 1 aliphatic heterocycles. The van der Waals surface area contributed by atoms with E-state index in [-0.39, 0.29) is 6.10 Å². The van der Waals surface area contributed by atoms with Crippen molar-refractivity contribution in [1.82, 2.24) is 0 Å². The van der Waals surface area contributed by atoms with Crippen LogP contribution in [0.15, 0.2) is 0 Å². The van der Waals surface area contributed by atoms with Gasteiger partial charge < -0.3 is 25.7 Å². The first-order valence-electron chi connectivity index (χ1n) is 7.08. The predicted molar refractivity (Wildman–Crippen MR) is 75.9 cm³/mol. The lowest BCUT2D eigenvalue weighted by atomic mass is 10.00. The highest BCUT2D eigenvalue weighted by Crippen LogP contribution is 2.29. The number of hydrogen-bond acceptors (Lipinski definition) is 6. The molecule has 0 radical (unpaired) electrons. The zero-order chi connectivity index (χ0) is 15.6. The molecular weight excluding hydrogens is 260 g/mol. The summed E-state index contributed by atoms with van der Waals surface area (Å²) in [4.78, 5) is 12.0. The summed E-state index contributed by atoms with van der Waals surface area (Å²) < 4.78 is 16.8. The van der Waals surface area contributed by atoms with Crippen LogP contribution < -0.4 is 11.5 Å². The molecule has 0 aliphatic carbocycles. The largest absolute Gasteiger partial charge is 0.459 e. The molecule has 0 aromatic heterocycles. The second-order valence-corrected chi connectivity index (χ2v) is 6.67. The van der Waals surface area contributed by atoms with Gasteiger partial charge in [0.25, 0.3) is 0 Å². The molecule has 1 fully saturated rings. The molecule has 1 rings (SSSR count). The van der Waals surface area contributed by atoms with Gasteiger partial charge in [-0.25, -0.2) is 0 Å². The Kier molecular flexibility index (Phi) is 5.54. The van der Waals surface area contributed by atoms with Crippen molar-refractivity contribution in [2.45, 2.75) is 77.1 Å². The minimum absolute atomic E-state index is 0.0535. The molecule has 20 heavy (non-hydrogen) atoms. The van der Waals surface area contributed by atoms with Crippen molar-refractivity contribution in [2.75, 3.05) is 6.54 Å². The van der Waals surface area contributed by atoms with Crippen molar-refractivity contribution in [3.05, 3.63) is 0 Å². The van der Waals surface area contributed by atoms with Crippen LogP contribution in [0.3, 0.4) is 0 Å². The van der Waals surface area contributed by atoms with Crippen molar-refractivity contribution in [3.8, 4) is 0 Å². The van der Waals surface area contributed by atoms with Gasteiger partial charge in [0.2, 0.25) is 0 Å². The molecule has 1 saturated heterocycles. The Morgan fingerprint density at radius 3 is 2.50 bits per heavy atom. The summed E-state index contributed by atoms with van der Waals surface area (Å²) in [5.41, 5.74) is 11.0. The molecule has 6 heteroatoms. The van der Waals surface area contributed by atoms with Crippen LogP contribution >= 0.6 is 0 Å². The fraction of sp³-hybridized carbons (Fsp3) is 0.929.